The molecule has 1 atom stereocenters. The first kappa shape index (κ1) is 12.4. The van der Waals surface area contributed by atoms with Crippen molar-refractivity contribution in [1.82, 2.24) is 15.3 Å². The largest absolute Gasteiger partial charge is 0.341 e. The molecule has 19 heavy (non-hydrogen) atoms. The summed E-state index contributed by atoms with van der Waals surface area (Å²) in [6.07, 6.45) is 0. The molecule has 0 radical (unpaired) electrons. The molecule has 3 nitrogen and oxygen atoms in total. The van der Waals surface area contributed by atoms with Crippen LogP contribution in [-0.2, 0) is 6.54 Å². The van der Waals surface area contributed by atoms with Crippen molar-refractivity contribution in [2.24, 2.45) is 0 Å². The van der Waals surface area contributed by atoms with Crippen LogP contribution >= 0.6 is 11.3 Å². The molecular formula is C15H17N3S. The van der Waals surface area contributed by atoms with Crippen molar-refractivity contribution < 1.29 is 0 Å². The summed E-state index contributed by atoms with van der Waals surface area (Å²) in [6.45, 7) is 5.18. The highest BCUT2D eigenvalue weighted by atomic mass is 32.1. The molecule has 3 rings (SSSR count). The Labute approximate surface area is 116 Å². The highest BCUT2D eigenvalue weighted by molar-refractivity contribution is 7.10. The number of para-hydroxylation sites is 2. The number of rotatable bonds is 4. The second kappa shape index (κ2) is 5.15. The smallest absolute Gasteiger partial charge is 0.124 e. The van der Waals surface area contributed by atoms with Crippen molar-refractivity contribution in [3.8, 4) is 0 Å². The minimum Gasteiger partial charge on any atom is -0.341 e. The number of aryl methyl sites for hydroxylation is 1. The van der Waals surface area contributed by atoms with Gasteiger partial charge in [0.25, 0.3) is 0 Å². The van der Waals surface area contributed by atoms with E-state index < -0.39 is 0 Å². The number of thiophene rings is 1. The van der Waals surface area contributed by atoms with Gasteiger partial charge in [0.2, 0.25) is 0 Å². The van der Waals surface area contributed by atoms with Crippen LogP contribution in [0.15, 0.2) is 35.7 Å². The molecule has 0 bridgehead atoms. The SMILES string of the molecule is Cc1ccsc1CNC(C)c1nc2ccccc2[nH]1. The number of aromatic nitrogens is 2. The van der Waals surface area contributed by atoms with E-state index >= 15 is 0 Å². The molecule has 0 aliphatic carbocycles. The van der Waals surface area contributed by atoms with E-state index in [1.165, 1.54) is 10.4 Å². The number of fused-ring (bicyclic) bond motifs is 1. The topological polar surface area (TPSA) is 40.7 Å². The third-order valence-corrected chi connectivity index (χ3v) is 4.38. The monoisotopic (exact) mass is 271 g/mol. The second-order valence-corrected chi connectivity index (χ2v) is 5.77. The Kier molecular flexibility index (Phi) is 3.36. The van der Waals surface area contributed by atoms with E-state index in [0.717, 1.165) is 23.4 Å². The molecule has 0 fully saturated rings. The van der Waals surface area contributed by atoms with Crippen LogP contribution in [0, 0.1) is 6.92 Å². The van der Waals surface area contributed by atoms with Gasteiger partial charge in [0.1, 0.15) is 5.82 Å². The molecule has 0 aliphatic heterocycles. The summed E-state index contributed by atoms with van der Waals surface area (Å²) in [5.41, 5.74) is 3.48. The third-order valence-electron chi connectivity index (χ3n) is 3.35. The molecule has 2 heterocycles. The standard InChI is InChI=1S/C15H17N3S/c1-10-7-8-19-14(10)9-16-11(2)15-17-12-5-3-4-6-13(12)18-15/h3-8,11,16H,9H2,1-2H3,(H,17,18). The number of hydrogen-bond donors (Lipinski definition) is 2. The number of imidazole rings is 1. The fourth-order valence-electron chi connectivity index (χ4n) is 2.11. The maximum absolute atomic E-state index is 4.62. The summed E-state index contributed by atoms with van der Waals surface area (Å²) < 4.78 is 0. The first-order valence-corrected chi connectivity index (χ1v) is 7.33. The Hall–Kier alpha value is -1.65. The lowest BCUT2D eigenvalue weighted by molar-refractivity contribution is 0.555. The van der Waals surface area contributed by atoms with Gasteiger partial charge in [-0.1, -0.05) is 12.1 Å². The van der Waals surface area contributed by atoms with Gasteiger partial charge in [-0.3, -0.25) is 0 Å². The van der Waals surface area contributed by atoms with Crippen LogP contribution < -0.4 is 5.32 Å². The summed E-state index contributed by atoms with van der Waals surface area (Å²) in [7, 11) is 0. The molecule has 98 valence electrons. The summed E-state index contributed by atoms with van der Waals surface area (Å²) in [4.78, 5) is 9.38. The van der Waals surface area contributed by atoms with Crippen molar-refractivity contribution in [3.63, 3.8) is 0 Å². The average Bonchev–Trinajstić information content (AvgIpc) is 3.01. The highest BCUT2D eigenvalue weighted by Crippen LogP contribution is 2.18. The van der Waals surface area contributed by atoms with E-state index in [1.807, 2.05) is 18.2 Å². The predicted molar refractivity (Wildman–Crippen MR) is 80.4 cm³/mol. The van der Waals surface area contributed by atoms with Crippen LogP contribution in [-0.4, -0.2) is 9.97 Å². The molecular weight excluding hydrogens is 254 g/mol. The molecule has 1 aromatic carbocycles. The van der Waals surface area contributed by atoms with E-state index in [4.69, 9.17) is 0 Å². The quantitative estimate of drug-likeness (QED) is 0.758. The number of hydrogen-bond acceptors (Lipinski definition) is 3. The van der Waals surface area contributed by atoms with E-state index in [9.17, 15) is 0 Å². The van der Waals surface area contributed by atoms with Gasteiger partial charge in [-0.05, 0) is 43.0 Å². The molecule has 4 heteroatoms. The van der Waals surface area contributed by atoms with Crippen LogP contribution in [0.3, 0.4) is 0 Å². The predicted octanol–water partition coefficient (Wildman–Crippen LogP) is 3.78. The summed E-state index contributed by atoms with van der Waals surface area (Å²) in [6, 6.07) is 10.5. The number of aromatic amines is 1. The van der Waals surface area contributed by atoms with E-state index in [2.05, 4.69) is 46.6 Å². The van der Waals surface area contributed by atoms with Gasteiger partial charge in [-0.25, -0.2) is 4.98 Å². The van der Waals surface area contributed by atoms with E-state index in [-0.39, 0.29) is 6.04 Å². The van der Waals surface area contributed by atoms with E-state index in [0.29, 0.717) is 0 Å². The van der Waals surface area contributed by atoms with Crippen LogP contribution in [0.5, 0.6) is 0 Å². The van der Waals surface area contributed by atoms with Crippen molar-refractivity contribution in [2.75, 3.05) is 0 Å². The normalized spacial score (nSPS) is 12.9. The Morgan fingerprint density at radius 2 is 2.16 bits per heavy atom. The molecule has 1 unspecified atom stereocenters. The molecule has 2 aromatic heterocycles. The van der Waals surface area contributed by atoms with Crippen molar-refractivity contribution >= 4 is 22.4 Å². The van der Waals surface area contributed by atoms with Crippen LogP contribution in [0.2, 0.25) is 0 Å². The maximum Gasteiger partial charge on any atom is 0.124 e. The van der Waals surface area contributed by atoms with E-state index in [1.54, 1.807) is 11.3 Å². The zero-order valence-electron chi connectivity index (χ0n) is 11.1. The number of benzene rings is 1. The summed E-state index contributed by atoms with van der Waals surface area (Å²) in [5, 5.41) is 5.66. The Bertz CT molecular complexity index is 650. The minimum absolute atomic E-state index is 0.217. The van der Waals surface area contributed by atoms with Gasteiger partial charge in [0.15, 0.2) is 0 Å². The summed E-state index contributed by atoms with van der Waals surface area (Å²) >= 11 is 1.80. The molecule has 2 N–H and O–H groups in total. The lowest BCUT2D eigenvalue weighted by atomic mass is 10.2. The highest BCUT2D eigenvalue weighted by Gasteiger charge is 2.10. The van der Waals surface area contributed by atoms with Crippen molar-refractivity contribution in [3.05, 3.63) is 52.0 Å². The minimum atomic E-state index is 0.217. The Morgan fingerprint density at radius 3 is 2.89 bits per heavy atom. The zero-order chi connectivity index (χ0) is 13.2. The van der Waals surface area contributed by atoms with Gasteiger partial charge in [-0.2, -0.15) is 0 Å². The lowest BCUT2D eigenvalue weighted by Gasteiger charge is -2.10. The molecule has 0 aliphatic rings. The van der Waals surface area contributed by atoms with Gasteiger partial charge in [0.05, 0.1) is 17.1 Å². The molecule has 3 aromatic rings. The first-order chi connectivity index (χ1) is 9.24. The number of nitrogens with one attached hydrogen (secondary N) is 2. The molecule has 0 spiro atoms. The van der Waals surface area contributed by atoms with Gasteiger partial charge in [-0.15, -0.1) is 11.3 Å². The first-order valence-electron chi connectivity index (χ1n) is 6.45. The van der Waals surface area contributed by atoms with Gasteiger partial charge in [0, 0.05) is 11.4 Å². The van der Waals surface area contributed by atoms with Crippen LogP contribution in [0.4, 0.5) is 0 Å². The molecule has 0 amide bonds. The fraction of sp³-hybridized carbons (Fsp3) is 0.267. The van der Waals surface area contributed by atoms with Crippen LogP contribution in [0.1, 0.15) is 29.2 Å². The van der Waals surface area contributed by atoms with Crippen molar-refractivity contribution in [2.45, 2.75) is 26.4 Å². The zero-order valence-corrected chi connectivity index (χ0v) is 11.9. The maximum atomic E-state index is 4.62. The van der Waals surface area contributed by atoms with Crippen LogP contribution in [0.25, 0.3) is 11.0 Å². The fourth-order valence-corrected chi connectivity index (χ4v) is 2.96. The Morgan fingerprint density at radius 1 is 1.32 bits per heavy atom. The second-order valence-electron chi connectivity index (χ2n) is 4.77. The molecule has 0 saturated carbocycles. The van der Waals surface area contributed by atoms with Gasteiger partial charge >= 0.3 is 0 Å². The summed E-state index contributed by atoms with van der Waals surface area (Å²) in [5.74, 6) is 0.996. The molecule has 0 saturated heterocycles. The van der Waals surface area contributed by atoms with Gasteiger partial charge < -0.3 is 10.3 Å². The number of nitrogens with zero attached hydrogens (tertiary/aromatic N) is 1. The third kappa shape index (κ3) is 2.55. The van der Waals surface area contributed by atoms with Crippen molar-refractivity contribution in [1.29, 1.82) is 0 Å². The number of H-pyrrole nitrogens is 1. The lowest BCUT2D eigenvalue weighted by Crippen LogP contribution is -2.19. The average molecular weight is 271 g/mol. The Balaban J connectivity index is 1.73.